The summed E-state index contributed by atoms with van der Waals surface area (Å²) in [7, 11) is 0. The molecule has 2 heterocycles. The number of para-hydroxylation sites is 1. The molecule has 2 amide bonds. The molecule has 0 aromatic heterocycles. The summed E-state index contributed by atoms with van der Waals surface area (Å²) in [5, 5.41) is 23.5. The Morgan fingerprint density at radius 3 is 2.61 bits per heavy atom. The molecule has 1 saturated heterocycles. The Bertz CT molecular complexity index is 733. The number of hydrogen-bond donors (Lipinski definition) is 3. The minimum Gasteiger partial charge on any atom is -0.388 e. The number of benzene rings is 1. The molecule has 2 fully saturated rings. The van der Waals surface area contributed by atoms with Crippen molar-refractivity contribution in [2.24, 2.45) is 5.92 Å². The number of ether oxygens (including phenoxy) is 1. The predicted molar refractivity (Wildman–Crippen MR) is 103 cm³/mol. The summed E-state index contributed by atoms with van der Waals surface area (Å²) in [6.07, 6.45) is 1.02. The maximum absolute atomic E-state index is 12.7. The summed E-state index contributed by atoms with van der Waals surface area (Å²) < 4.78 is 5.75. The third-order valence-corrected chi connectivity index (χ3v) is 6.23. The third kappa shape index (κ3) is 3.79. The average Bonchev–Trinajstić information content (AvgIpc) is 3.43. The third-order valence-electron chi connectivity index (χ3n) is 6.23. The molecule has 1 saturated carbocycles. The highest BCUT2D eigenvalue weighted by Crippen LogP contribution is 2.30. The van der Waals surface area contributed by atoms with Crippen LogP contribution in [-0.2, 0) is 20.7 Å². The molecular weight excluding hydrogens is 360 g/mol. The van der Waals surface area contributed by atoms with Crippen LogP contribution < -0.4 is 10.2 Å². The van der Waals surface area contributed by atoms with Crippen molar-refractivity contribution in [2.45, 2.75) is 62.9 Å². The van der Waals surface area contributed by atoms with Gasteiger partial charge in [0.2, 0.25) is 11.8 Å². The minimum atomic E-state index is -1.14. The number of fused-ring (bicyclic) bond motifs is 1. The van der Waals surface area contributed by atoms with E-state index in [1.807, 2.05) is 24.3 Å². The molecule has 7 heteroatoms. The minimum absolute atomic E-state index is 0.000365. The van der Waals surface area contributed by atoms with E-state index in [4.69, 9.17) is 4.74 Å². The van der Waals surface area contributed by atoms with Gasteiger partial charge in [-0.05, 0) is 30.9 Å². The molecule has 4 atom stereocenters. The van der Waals surface area contributed by atoms with E-state index in [1.165, 1.54) is 0 Å². The second-order valence-corrected chi connectivity index (χ2v) is 8.05. The fourth-order valence-corrected chi connectivity index (χ4v) is 4.58. The van der Waals surface area contributed by atoms with Gasteiger partial charge in [-0.15, -0.1) is 0 Å². The first kappa shape index (κ1) is 19.4. The number of carbonyl (C=O) groups excluding carboxylic acids is 2. The summed E-state index contributed by atoms with van der Waals surface area (Å²) in [6, 6.07) is 7.79. The lowest BCUT2D eigenvalue weighted by Crippen LogP contribution is -2.41. The summed E-state index contributed by atoms with van der Waals surface area (Å²) in [5.41, 5.74) is 2.04. The SMILES string of the molecule is O=C(NC[C@H]1O[C@H](CC(=O)N2CCc3ccccc32)[C@H](O)[C@@H]1O)C1CCCC1. The van der Waals surface area contributed by atoms with Gasteiger partial charge in [-0.1, -0.05) is 31.0 Å². The van der Waals surface area contributed by atoms with E-state index in [-0.39, 0.29) is 30.7 Å². The Morgan fingerprint density at radius 2 is 1.82 bits per heavy atom. The molecule has 1 aromatic rings. The van der Waals surface area contributed by atoms with E-state index < -0.39 is 24.4 Å². The van der Waals surface area contributed by atoms with E-state index in [1.54, 1.807) is 4.90 Å². The van der Waals surface area contributed by atoms with Crippen LogP contribution >= 0.6 is 0 Å². The van der Waals surface area contributed by atoms with Gasteiger partial charge < -0.3 is 25.2 Å². The molecule has 0 unspecified atom stereocenters. The van der Waals surface area contributed by atoms with E-state index in [0.717, 1.165) is 43.4 Å². The van der Waals surface area contributed by atoms with E-state index in [9.17, 15) is 19.8 Å². The summed E-state index contributed by atoms with van der Waals surface area (Å²) in [5.74, 6) is -0.107. The Labute approximate surface area is 164 Å². The number of amides is 2. The van der Waals surface area contributed by atoms with Crippen molar-refractivity contribution in [1.82, 2.24) is 5.32 Å². The van der Waals surface area contributed by atoms with Gasteiger partial charge in [-0.25, -0.2) is 0 Å². The number of carbonyl (C=O) groups is 2. The number of rotatable bonds is 5. The fourth-order valence-electron chi connectivity index (χ4n) is 4.58. The van der Waals surface area contributed by atoms with Crippen LogP contribution in [0.1, 0.15) is 37.7 Å². The van der Waals surface area contributed by atoms with E-state index >= 15 is 0 Å². The standard InChI is InChI=1S/C21H28N2O5/c24-18(23-10-9-13-5-3-4-8-15(13)23)11-16-19(25)20(26)17(28-16)12-22-21(27)14-6-1-2-7-14/h3-5,8,14,16-17,19-20,25-26H,1-2,6-7,9-12H2,(H,22,27)/t16-,17-,19+,20-/m1/s1. The van der Waals surface area contributed by atoms with E-state index in [0.29, 0.717) is 6.54 Å². The molecule has 3 aliphatic rings. The first-order chi connectivity index (χ1) is 13.5. The molecule has 0 radical (unpaired) electrons. The Hall–Kier alpha value is -1.96. The van der Waals surface area contributed by atoms with Gasteiger partial charge in [0.1, 0.15) is 18.3 Å². The van der Waals surface area contributed by atoms with Crippen molar-refractivity contribution < 1.29 is 24.5 Å². The van der Waals surface area contributed by atoms with Crippen molar-refractivity contribution >= 4 is 17.5 Å². The monoisotopic (exact) mass is 388 g/mol. The van der Waals surface area contributed by atoms with Crippen molar-refractivity contribution in [3.05, 3.63) is 29.8 Å². The smallest absolute Gasteiger partial charge is 0.229 e. The first-order valence-corrected chi connectivity index (χ1v) is 10.2. The van der Waals surface area contributed by atoms with Crippen LogP contribution in [0, 0.1) is 5.92 Å². The van der Waals surface area contributed by atoms with Crippen LogP contribution in [0.3, 0.4) is 0 Å². The Morgan fingerprint density at radius 1 is 1.11 bits per heavy atom. The van der Waals surface area contributed by atoms with Crippen LogP contribution in [-0.4, -0.2) is 59.5 Å². The van der Waals surface area contributed by atoms with Gasteiger partial charge in [0.15, 0.2) is 0 Å². The highest BCUT2D eigenvalue weighted by Gasteiger charge is 2.44. The van der Waals surface area contributed by atoms with Gasteiger partial charge in [0, 0.05) is 24.7 Å². The Kier molecular flexibility index (Phi) is 5.66. The van der Waals surface area contributed by atoms with Crippen molar-refractivity contribution in [1.29, 1.82) is 0 Å². The highest BCUT2D eigenvalue weighted by atomic mass is 16.5. The van der Waals surface area contributed by atoms with Gasteiger partial charge in [0.25, 0.3) is 0 Å². The molecule has 3 N–H and O–H groups in total. The first-order valence-electron chi connectivity index (χ1n) is 10.2. The van der Waals surface area contributed by atoms with Gasteiger partial charge in [0.05, 0.1) is 12.5 Å². The fraction of sp³-hybridized carbons (Fsp3) is 0.619. The van der Waals surface area contributed by atoms with Crippen molar-refractivity contribution in [3.8, 4) is 0 Å². The van der Waals surface area contributed by atoms with Gasteiger partial charge in [-0.2, -0.15) is 0 Å². The molecule has 0 bridgehead atoms. The predicted octanol–water partition coefficient (Wildman–Crippen LogP) is 0.761. The second kappa shape index (κ2) is 8.19. The molecule has 2 aliphatic heterocycles. The molecule has 4 rings (SSSR count). The number of anilines is 1. The lowest BCUT2D eigenvalue weighted by Gasteiger charge is -2.21. The topological polar surface area (TPSA) is 99.1 Å². The summed E-state index contributed by atoms with van der Waals surface area (Å²) >= 11 is 0. The molecule has 152 valence electrons. The quantitative estimate of drug-likeness (QED) is 0.692. The largest absolute Gasteiger partial charge is 0.388 e. The number of aliphatic hydroxyl groups is 2. The normalized spacial score (nSPS) is 29.9. The number of nitrogens with one attached hydrogen (secondary N) is 1. The molecule has 1 aromatic carbocycles. The second-order valence-electron chi connectivity index (χ2n) is 8.05. The van der Waals surface area contributed by atoms with Crippen molar-refractivity contribution in [3.63, 3.8) is 0 Å². The van der Waals surface area contributed by atoms with Crippen LogP contribution in [0.2, 0.25) is 0 Å². The highest BCUT2D eigenvalue weighted by molar-refractivity contribution is 5.95. The lowest BCUT2D eigenvalue weighted by molar-refractivity contribution is -0.126. The number of aliphatic hydroxyl groups excluding tert-OH is 2. The zero-order valence-electron chi connectivity index (χ0n) is 15.9. The zero-order valence-corrected chi connectivity index (χ0v) is 15.9. The number of hydrogen-bond acceptors (Lipinski definition) is 5. The molecule has 1 aliphatic carbocycles. The van der Waals surface area contributed by atoms with E-state index in [2.05, 4.69) is 5.32 Å². The van der Waals surface area contributed by atoms with Crippen LogP contribution in [0.15, 0.2) is 24.3 Å². The Balaban J connectivity index is 1.32. The molecular formula is C21H28N2O5. The maximum atomic E-state index is 12.7. The molecule has 0 spiro atoms. The van der Waals surface area contributed by atoms with Gasteiger partial charge in [-0.3, -0.25) is 9.59 Å². The van der Waals surface area contributed by atoms with Gasteiger partial charge >= 0.3 is 0 Å². The lowest BCUT2D eigenvalue weighted by atomic mass is 10.0. The maximum Gasteiger partial charge on any atom is 0.229 e. The van der Waals surface area contributed by atoms with Crippen LogP contribution in [0.5, 0.6) is 0 Å². The summed E-state index contributed by atoms with van der Waals surface area (Å²) in [4.78, 5) is 26.6. The van der Waals surface area contributed by atoms with Crippen LogP contribution in [0.4, 0.5) is 5.69 Å². The zero-order chi connectivity index (χ0) is 19.7. The van der Waals surface area contributed by atoms with Crippen LogP contribution in [0.25, 0.3) is 0 Å². The molecule has 28 heavy (non-hydrogen) atoms. The average molecular weight is 388 g/mol. The molecule has 7 nitrogen and oxygen atoms in total. The van der Waals surface area contributed by atoms with Crippen molar-refractivity contribution in [2.75, 3.05) is 18.0 Å². The number of nitrogens with zero attached hydrogens (tertiary/aromatic N) is 1. The summed E-state index contributed by atoms with van der Waals surface area (Å²) in [6.45, 7) is 0.759.